The van der Waals surface area contributed by atoms with E-state index in [2.05, 4.69) is 43.8 Å². The van der Waals surface area contributed by atoms with E-state index in [0.29, 0.717) is 10.2 Å². The number of nitrogens with one attached hydrogen (secondary N) is 1. The summed E-state index contributed by atoms with van der Waals surface area (Å²) in [4.78, 5) is 0. The van der Waals surface area contributed by atoms with Crippen LogP contribution in [0.4, 0.5) is 8.78 Å². The van der Waals surface area contributed by atoms with E-state index in [9.17, 15) is 8.78 Å². The number of ether oxygens (including phenoxy) is 1. The lowest BCUT2D eigenvalue weighted by molar-refractivity contribution is 0.401. The lowest BCUT2D eigenvalue weighted by Crippen LogP contribution is -2.20. The van der Waals surface area contributed by atoms with E-state index in [0.717, 1.165) is 14.7 Å². The van der Waals surface area contributed by atoms with Gasteiger partial charge in [0.25, 0.3) is 0 Å². The van der Waals surface area contributed by atoms with Gasteiger partial charge < -0.3 is 10.1 Å². The third-order valence-corrected chi connectivity index (χ3v) is 4.69. The van der Waals surface area contributed by atoms with E-state index in [4.69, 9.17) is 4.74 Å². The minimum Gasteiger partial charge on any atom is -0.496 e. The lowest BCUT2D eigenvalue weighted by atomic mass is 9.98. The van der Waals surface area contributed by atoms with Gasteiger partial charge in [-0.1, -0.05) is 6.07 Å². The molecule has 112 valence electrons. The van der Waals surface area contributed by atoms with Crippen LogP contribution in [0.3, 0.4) is 0 Å². The van der Waals surface area contributed by atoms with Gasteiger partial charge in [-0.05, 0) is 69.3 Å². The highest BCUT2D eigenvalue weighted by atomic mass is 127. The van der Waals surface area contributed by atoms with Crippen LogP contribution >= 0.6 is 38.5 Å². The molecule has 6 heteroatoms. The molecule has 1 N–H and O–H groups in total. The molecule has 0 fully saturated rings. The molecule has 0 aliphatic heterocycles. The fourth-order valence-electron chi connectivity index (χ4n) is 2.16. The molecular weight excluding hydrogens is 455 g/mol. The Hall–Kier alpha value is -0.730. The number of methoxy groups -OCH3 is 1. The molecule has 0 aliphatic rings. The second-order valence-electron chi connectivity index (χ2n) is 4.40. The Morgan fingerprint density at radius 2 is 1.90 bits per heavy atom. The first-order valence-corrected chi connectivity index (χ1v) is 8.00. The SMILES string of the molecule is CNC(c1ccc(F)cc1I)c1cc(Br)c(F)cc1OC. The molecule has 0 heterocycles. The normalized spacial score (nSPS) is 12.3. The molecule has 1 unspecified atom stereocenters. The highest BCUT2D eigenvalue weighted by Gasteiger charge is 2.21. The second-order valence-corrected chi connectivity index (χ2v) is 6.41. The van der Waals surface area contributed by atoms with Crippen LogP contribution in [0.2, 0.25) is 0 Å². The van der Waals surface area contributed by atoms with Crippen molar-refractivity contribution in [3.05, 3.63) is 61.1 Å². The number of halogens is 4. The van der Waals surface area contributed by atoms with Gasteiger partial charge in [0.15, 0.2) is 0 Å². The van der Waals surface area contributed by atoms with Crippen LogP contribution in [0.1, 0.15) is 17.2 Å². The van der Waals surface area contributed by atoms with Crippen molar-refractivity contribution >= 4 is 38.5 Å². The number of benzene rings is 2. The Morgan fingerprint density at radius 3 is 2.48 bits per heavy atom. The van der Waals surface area contributed by atoms with Crippen molar-refractivity contribution in [2.45, 2.75) is 6.04 Å². The Balaban J connectivity index is 2.58. The first-order valence-electron chi connectivity index (χ1n) is 6.13. The monoisotopic (exact) mass is 467 g/mol. The van der Waals surface area contributed by atoms with Crippen molar-refractivity contribution in [2.75, 3.05) is 14.2 Å². The fourth-order valence-corrected chi connectivity index (χ4v) is 3.31. The third kappa shape index (κ3) is 3.54. The zero-order valence-corrected chi connectivity index (χ0v) is 15.1. The molecule has 1 atom stereocenters. The van der Waals surface area contributed by atoms with E-state index in [1.165, 1.54) is 25.3 Å². The largest absolute Gasteiger partial charge is 0.496 e. The van der Waals surface area contributed by atoms with Gasteiger partial charge in [0.1, 0.15) is 17.4 Å². The summed E-state index contributed by atoms with van der Waals surface area (Å²) < 4.78 is 33.3. The Bertz CT molecular complexity index is 666. The number of hydrogen-bond donors (Lipinski definition) is 1. The van der Waals surface area contributed by atoms with Crippen LogP contribution in [0.25, 0.3) is 0 Å². The lowest BCUT2D eigenvalue weighted by Gasteiger charge is -2.21. The molecule has 0 saturated heterocycles. The average molecular weight is 468 g/mol. The molecule has 2 aromatic rings. The van der Waals surface area contributed by atoms with Crippen LogP contribution in [-0.2, 0) is 0 Å². The standard InChI is InChI=1S/C15H13BrF2INO/c1-20-15(9-4-3-8(17)5-13(9)19)10-6-11(16)12(18)7-14(10)21-2/h3-7,15,20H,1-2H3. The minimum atomic E-state index is -0.390. The van der Waals surface area contributed by atoms with Crippen LogP contribution in [0, 0.1) is 15.2 Å². The third-order valence-electron chi connectivity index (χ3n) is 3.15. The van der Waals surface area contributed by atoms with Crippen LogP contribution < -0.4 is 10.1 Å². The van der Waals surface area contributed by atoms with Gasteiger partial charge in [0.05, 0.1) is 17.6 Å². The van der Waals surface area contributed by atoms with Crippen LogP contribution in [-0.4, -0.2) is 14.2 Å². The summed E-state index contributed by atoms with van der Waals surface area (Å²) in [5, 5.41) is 3.17. The smallest absolute Gasteiger partial charge is 0.141 e. The summed E-state index contributed by atoms with van der Waals surface area (Å²) in [6, 6.07) is 7.37. The molecule has 0 amide bonds. The topological polar surface area (TPSA) is 21.3 Å². The molecule has 0 bridgehead atoms. The van der Waals surface area contributed by atoms with Crippen LogP contribution in [0.15, 0.2) is 34.8 Å². The fraction of sp³-hybridized carbons (Fsp3) is 0.200. The van der Waals surface area contributed by atoms with Gasteiger partial charge in [-0.2, -0.15) is 0 Å². The molecule has 2 nitrogen and oxygen atoms in total. The van der Waals surface area contributed by atoms with Gasteiger partial charge >= 0.3 is 0 Å². The molecule has 0 aromatic heterocycles. The zero-order chi connectivity index (χ0) is 15.6. The maximum Gasteiger partial charge on any atom is 0.141 e. The van der Waals surface area contributed by atoms with Crippen molar-refractivity contribution in [3.8, 4) is 5.75 Å². The number of rotatable bonds is 4. The Morgan fingerprint density at radius 1 is 1.19 bits per heavy atom. The molecule has 0 radical (unpaired) electrons. The molecular formula is C15H13BrF2INO. The highest BCUT2D eigenvalue weighted by Crippen LogP contribution is 2.35. The van der Waals surface area contributed by atoms with Crippen molar-refractivity contribution < 1.29 is 13.5 Å². The summed E-state index contributed by atoms with van der Waals surface area (Å²) >= 11 is 5.27. The minimum absolute atomic E-state index is 0.232. The second kappa shape index (κ2) is 7.02. The molecule has 0 spiro atoms. The predicted octanol–water partition coefficient (Wildman–Crippen LogP) is 4.65. The molecule has 2 aromatic carbocycles. The van der Waals surface area contributed by atoms with E-state index in [1.807, 2.05) is 0 Å². The van der Waals surface area contributed by atoms with Gasteiger partial charge in [0, 0.05) is 15.2 Å². The van der Waals surface area contributed by atoms with Crippen molar-refractivity contribution in [1.29, 1.82) is 0 Å². The van der Waals surface area contributed by atoms with Crippen molar-refractivity contribution in [3.63, 3.8) is 0 Å². The van der Waals surface area contributed by atoms with E-state index < -0.39 is 0 Å². The first kappa shape index (κ1) is 16.6. The predicted molar refractivity (Wildman–Crippen MR) is 90.7 cm³/mol. The van der Waals surface area contributed by atoms with Crippen molar-refractivity contribution in [2.24, 2.45) is 0 Å². The molecule has 0 aliphatic carbocycles. The van der Waals surface area contributed by atoms with Gasteiger partial charge in [-0.15, -0.1) is 0 Å². The van der Waals surface area contributed by atoms with E-state index >= 15 is 0 Å². The van der Waals surface area contributed by atoms with E-state index in [-0.39, 0.29) is 17.7 Å². The average Bonchev–Trinajstić information content (AvgIpc) is 2.45. The Kier molecular flexibility index (Phi) is 5.56. The van der Waals surface area contributed by atoms with Gasteiger partial charge in [-0.25, -0.2) is 8.78 Å². The highest BCUT2D eigenvalue weighted by molar-refractivity contribution is 14.1. The summed E-state index contributed by atoms with van der Waals surface area (Å²) in [6.45, 7) is 0. The first-order chi connectivity index (χ1) is 9.97. The summed E-state index contributed by atoms with van der Waals surface area (Å²) in [5.41, 5.74) is 1.68. The number of hydrogen-bond acceptors (Lipinski definition) is 2. The maximum absolute atomic E-state index is 13.6. The van der Waals surface area contributed by atoms with E-state index in [1.54, 1.807) is 19.2 Å². The quantitative estimate of drug-likeness (QED) is 0.661. The van der Waals surface area contributed by atoms with Crippen molar-refractivity contribution in [1.82, 2.24) is 5.32 Å². The molecule has 0 saturated carbocycles. The van der Waals surface area contributed by atoms with Crippen LogP contribution in [0.5, 0.6) is 5.75 Å². The van der Waals surface area contributed by atoms with Gasteiger partial charge in [0.2, 0.25) is 0 Å². The zero-order valence-electron chi connectivity index (χ0n) is 11.4. The molecule has 2 rings (SSSR count). The summed E-state index contributed by atoms with van der Waals surface area (Å²) in [7, 11) is 3.29. The van der Waals surface area contributed by atoms with Gasteiger partial charge in [-0.3, -0.25) is 0 Å². The molecule has 21 heavy (non-hydrogen) atoms. The Labute approximate surface area is 144 Å². The summed E-state index contributed by atoms with van der Waals surface area (Å²) in [5.74, 6) is -0.236. The maximum atomic E-state index is 13.6. The summed E-state index contributed by atoms with van der Waals surface area (Å²) in [6.07, 6.45) is 0.